The molecular weight excluding hydrogens is 360 g/mol. The summed E-state index contributed by atoms with van der Waals surface area (Å²) in [6.07, 6.45) is 16.0. The van der Waals surface area contributed by atoms with Crippen LogP contribution in [0.15, 0.2) is 48.6 Å². The molecule has 0 saturated carbocycles. The predicted octanol–water partition coefficient (Wildman–Crippen LogP) is 2.90. The molecule has 0 bridgehead atoms. The van der Waals surface area contributed by atoms with Gasteiger partial charge in [-0.1, -0.05) is 55.5 Å². The standard InChI is InChI=1S/C22H34O6/c1-2-18(24)21-16-19(25)20(28-21)15-14-17(23)12-10-8-6-4-3-5-7-9-11-13-22(26)27/h3-4,7-10,14-15,17-21,23-25H,2,5-6,11-13,16H2,1H3,(H,26,27)/b4-3-,9-7-,10-8-,15-14+/t17-,18+,19-,20-,21-/m0/s1. The second-order valence-electron chi connectivity index (χ2n) is 6.92. The lowest BCUT2D eigenvalue weighted by atomic mass is 10.1. The molecule has 0 spiro atoms. The zero-order valence-corrected chi connectivity index (χ0v) is 16.6. The minimum Gasteiger partial charge on any atom is -0.481 e. The Hall–Kier alpha value is -1.73. The largest absolute Gasteiger partial charge is 0.481 e. The highest BCUT2D eigenvalue weighted by Gasteiger charge is 2.35. The van der Waals surface area contributed by atoms with Crippen molar-refractivity contribution in [2.24, 2.45) is 0 Å². The van der Waals surface area contributed by atoms with Crippen LogP contribution < -0.4 is 0 Å². The first-order valence-electron chi connectivity index (χ1n) is 9.98. The first-order chi connectivity index (χ1) is 13.4. The number of carboxylic acids is 1. The zero-order chi connectivity index (χ0) is 20.8. The Labute approximate surface area is 167 Å². The van der Waals surface area contributed by atoms with Gasteiger partial charge in [0.2, 0.25) is 0 Å². The summed E-state index contributed by atoms with van der Waals surface area (Å²) < 4.78 is 5.63. The summed E-state index contributed by atoms with van der Waals surface area (Å²) in [5, 5.41) is 38.3. The Balaban J connectivity index is 2.18. The molecule has 158 valence electrons. The van der Waals surface area contributed by atoms with Gasteiger partial charge in [0.05, 0.1) is 24.4 Å². The monoisotopic (exact) mass is 394 g/mol. The summed E-state index contributed by atoms with van der Waals surface area (Å²) in [7, 11) is 0. The number of carboxylic acid groups (broad SMARTS) is 1. The van der Waals surface area contributed by atoms with Crippen molar-refractivity contribution in [3.8, 4) is 0 Å². The van der Waals surface area contributed by atoms with Crippen molar-refractivity contribution >= 4 is 5.97 Å². The normalized spacial score (nSPS) is 25.5. The quantitative estimate of drug-likeness (QED) is 0.358. The average Bonchev–Trinajstić information content (AvgIpc) is 3.04. The lowest BCUT2D eigenvalue weighted by molar-refractivity contribution is -0.136. The third kappa shape index (κ3) is 10.6. The molecule has 0 aliphatic carbocycles. The molecule has 0 unspecified atom stereocenters. The summed E-state index contributed by atoms with van der Waals surface area (Å²) in [5.41, 5.74) is 0. The van der Waals surface area contributed by atoms with Gasteiger partial charge in [-0.25, -0.2) is 0 Å². The highest BCUT2D eigenvalue weighted by atomic mass is 16.5. The van der Waals surface area contributed by atoms with Gasteiger partial charge in [-0.3, -0.25) is 4.79 Å². The number of aliphatic hydroxyl groups excluding tert-OH is 3. The van der Waals surface area contributed by atoms with Gasteiger partial charge in [-0.05, 0) is 32.1 Å². The van der Waals surface area contributed by atoms with E-state index in [2.05, 4.69) is 0 Å². The summed E-state index contributed by atoms with van der Waals surface area (Å²) in [6.45, 7) is 1.87. The minimum absolute atomic E-state index is 0.160. The van der Waals surface area contributed by atoms with Crippen molar-refractivity contribution in [1.82, 2.24) is 0 Å². The molecule has 6 heteroatoms. The number of aliphatic hydroxyl groups is 3. The molecule has 0 aromatic rings. The van der Waals surface area contributed by atoms with Crippen molar-refractivity contribution in [3.63, 3.8) is 0 Å². The van der Waals surface area contributed by atoms with E-state index in [-0.39, 0.29) is 12.5 Å². The summed E-state index contributed by atoms with van der Waals surface area (Å²) in [4.78, 5) is 10.3. The van der Waals surface area contributed by atoms with E-state index in [0.717, 1.165) is 12.8 Å². The van der Waals surface area contributed by atoms with Crippen LogP contribution in [0.3, 0.4) is 0 Å². The molecule has 0 aromatic heterocycles. The van der Waals surface area contributed by atoms with E-state index >= 15 is 0 Å². The smallest absolute Gasteiger partial charge is 0.303 e. The third-order valence-corrected chi connectivity index (χ3v) is 4.50. The SMILES string of the molecule is CC[C@@H](O)[C@@H]1C[C@H](O)[C@H](/C=C/[C@@H](O)C/C=C\C/C=C\C/C=C\CCC(=O)O)O1. The van der Waals surface area contributed by atoms with Crippen LogP contribution in [-0.4, -0.2) is 56.9 Å². The second-order valence-corrected chi connectivity index (χ2v) is 6.92. The Kier molecular flexibility index (Phi) is 12.4. The molecule has 0 aromatic carbocycles. The molecule has 1 aliphatic rings. The fourth-order valence-corrected chi connectivity index (χ4v) is 2.82. The highest BCUT2D eigenvalue weighted by molar-refractivity contribution is 5.66. The van der Waals surface area contributed by atoms with Crippen LogP contribution in [0, 0.1) is 0 Å². The first-order valence-corrected chi connectivity index (χ1v) is 9.98. The molecule has 1 heterocycles. The molecular formula is C22H34O6. The molecule has 4 N–H and O–H groups in total. The third-order valence-electron chi connectivity index (χ3n) is 4.50. The lowest BCUT2D eigenvalue weighted by Gasteiger charge is -2.16. The van der Waals surface area contributed by atoms with Crippen LogP contribution in [0.5, 0.6) is 0 Å². The van der Waals surface area contributed by atoms with Gasteiger partial charge in [0.1, 0.15) is 6.10 Å². The van der Waals surface area contributed by atoms with Gasteiger partial charge in [-0.2, -0.15) is 0 Å². The molecule has 1 rings (SSSR count). The van der Waals surface area contributed by atoms with Crippen LogP contribution in [0.2, 0.25) is 0 Å². The first kappa shape index (κ1) is 24.3. The maximum atomic E-state index is 10.3. The fourth-order valence-electron chi connectivity index (χ4n) is 2.82. The number of rotatable bonds is 13. The van der Waals surface area contributed by atoms with E-state index in [9.17, 15) is 20.1 Å². The average molecular weight is 395 g/mol. The van der Waals surface area contributed by atoms with Crippen molar-refractivity contribution < 1.29 is 30.0 Å². The van der Waals surface area contributed by atoms with Crippen molar-refractivity contribution in [1.29, 1.82) is 0 Å². The van der Waals surface area contributed by atoms with E-state index < -0.39 is 30.4 Å². The fraction of sp³-hybridized carbons (Fsp3) is 0.591. The van der Waals surface area contributed by atoms with Crippen LogP contribution in [-0.2, 0) is 9.53 Å². The van der Waals surface area contributed by atoms with E-state index in [0.29, 0.717) is 25.7 Å². The zero-order valence-electron chi connectivity index (χ0n) is 16.6. The molecule has 0 radical (unpaired) electrons. The maximum Gasteiger partial charge on any atom is 0.303 e. The van der Waals surface area contributed by atoms with Gasteiger partial charge >= 0.3 is 5.97 Å². The minimum atomic E-state index is -0.784. The second kappa shape index (κ2) is 14.3. The molecule has 1 saturated heterocycles. The highest BCUT2D eigenvalue weighted by Crippen LogP contribution is 2.25. The molecule has 1 fully saturated rings. The van der Waals surface area contributed by atoms with E-state index in [1.54, 1.807) is 12.2 Å². The van der Waals surface area contributed by atoms with Gasteiger partial charge in [0, 0.05) is 12.8 Å². The van der Waals surface area contributed by atoms with Crippen LogP contribution in [0.25, 0.3) is 0 Å². The Bertz CT molecular complexity index is 551. The Morgan fingerprint density at radius 2 is 1.75 bits per heavy atom. The topological polar surface area (TPSA) is 107 Å². The van der Waals surface area contributed by atoms with Gasteiger partial charge in [-0.15, -0.1) is 0 Å². The summed E-state index contributed by atoms with van der Waals surface area (Å²) in [6, 6.07) is 0. The van der Waals surface area contributed by atoms with E-state index in [4.69, 9.17) is 9.84 Å². The number of hydrogen-bond donors (Lipinski definition) is 4. The lowest BCUT2D eigenvalue weighted by Crippen LogP contribution is -2.25. The number of hydrogen-bond acceptors (Lipinski definition) is 5. The van der Waals surface area contributed by atoms with Gasteiger partial charge in [0.15, 0.2) is 0 Å². The van der Waals surface area contributed by atoms with E-state index in [1.165, 1.54) is 0 Å². The molecule has 0 amide bonds. The van der Waals surface area contributed by atoms with Crippen LogP contribution >= 0.6 is 0 Å². The number of ether oxygens (including phenoxy) is 1. The summed E-state index contributed by atoms with van der Waals surface area (Å²) in [5.74, 6) is -0.784. The number of allylic oxidation sites excluding steroid dienone is 5. The van der Waals surface area contributed by atoms with Crippen LogP contribution in [0.1, 0.15) is 51.9 Å². The van der Waals surface area contributed by atoms with Crippen LogP contribution in [0.4, 0.5) is 0 Å². The number of aliphatic carboxylic acids is 1. The van der Waals surface area contributed by atoms with Crippen molar-refractivity contribution in [3.05, 3.63) is 48.6 Å². The van der Waals surface area contributed by atoms with Gasteiger partial charge in [0.25, 0.3) is 0 Å². The summed E-state index contributed by atoms with van der Waals surface area (Å²) >= 11 is 0. The number of carbonyl (C=O) groups is 1. The Morgan fingerprint density at radius 3 is 2.39 bits per heavy atom. The van der Waals surface area contributed by atoms with E-state index in [1.807, 2.05) is 43.4 Å². The maximum absolute atomic E-state index is 10.3. The Morgan fingerprint density at radius 1 is 1.11 bits per heavy atom. The van der Waals surface area contributed by atoms with Crippen molar-refractivity contribution in [2.45, 2.75) is 82.4 Å². The molecule has 1 aliphatic heterocycles. The van der Waals surface area contributed by atoms with Gasteiger partial charge < -0.3 is 25.2 Å². The molecule has 6 nitrogen and oxygen atoms in total. The predicted molar refractivity (Wildman–Crippen MR) is 109 cm³/mol. The molecule has 5 atom stereocenters. The molecule has 28 heavy (non-hydrogen) atoms. The van der Waals surface area contributed by atoms with Crippen molar-refractivity contribution in [2.75, 3.05) is 0 Å².